The fourth-order valence-corrected chi connectivity index (χ4v) is 6.85. The van der Waals surface area contributed by atoms with Crippen molar-refractivity contribution in [3.63, 3.8) is 0 Å². The van der Waals surface area contributed by atoms with Crippen LogP contribution in [0.25, 0.3) is 22.3 Å². The minimum Gasteiger partial charge on any atom is -0.0619 e. The maximum Gasteiger partial charge on any atom is 3.00 e. The normalized spacial score (nSPS) is 14.9. The smallest absolute Gasteiger partial charge is 0.0619 e. The molecule has 245 valence electrons. The van der Waals surface area contributed by atoms with Crippen molar-refractivity contribution in [2.24, 2.45) is 5.41 Å². The van der Waals surface area contributed by atoms with E-state index in [1.807, 2.05) is 12.2 Å². The van der Waals surface area contributed by atoms with E-state index in [1.54, 1.807) is 0 Å². The average Bonchev–Trinajstić information content (AvgIpc) is 3.82. The van der Waals surface area contributed by atoms with E-state index in [-0.39, 0.29) is 63.9 Å². The van der Waals surface area contributed by atoms with Gasteiger partial charge in [0.1, 0.15) is 0 Å². The first-order valence-corrected chi connectivity index (χ1v) is 21.5. The zero-order chi connectivity index (χ0) is 31.3. The summed E-state index contributed by atoms with van der Waals surface area (Å²) in [5.41, 5.74) is 15.8. The summed E-state index contributed by atoms with van der Waals surface area (Å²) in [6, 6.07) is 35.8. The molecule has 0 fully saturated rings. The minimum atomic E-state index is -0.826. The van der Waals surface area contributed by atoms with Gasteiger partial charge in [0, 0.05) is 11.8 Å². The second-order valence-corrected chi connectivity index (χ2v) is 15.7. The molecule has 0 N–H and O–H groups in total. The van der Waals surface area contributed by atoms with Gasteiger partial charge in [-0.05, 0) is 44.5 Å². The van der Waals surface area contributed by atoms with Crippen LogP contribution in [0, 0.1) is 25.0 Å². The van der Waals surface area contributed by atoms with E-state index in [9.17, 15) is 0 Å². The van der Waals surface area contributed by atoms with E-state index in [0.29, 0.717) is 11.8 Å². The van der Waals surface area contributed by atoms with Crippen molar-refractivity contribution in [2.75, 3.05) is 0 Å². The van der Waals surface area contributed by atoms with Gasteiger partial charge >= 0.3 is 64.1 Å². The van der Waals surface area contributed by atoms with Crippen LogP contribution in [0.5, 0.6) is 0 Å². The maximum atomic E-state index is 4.93. The molecule has 0 nitrogen and oxygen atoms in total. The van der Waals surface area contributed by atoms with Crippen molar-refractivity contribution in [3.05, 3.63) is 174 Å². The molecular formula is C42H41Cl4Zr2. The molecule has 0 saturated heterocycles. The molecule has 8 rings (SSSR count). The number of hydrogen-bond acceptors (Lipinski definition) is 0. The maximum absolute atomic E-state index is 4.93. The fraction of sp³-hybridized carbons (Fsp3) is 0.214. The van der Waals surface area contributed by atoms with Gasteiger partial charge in [0.25, 0.3) is 0 Å². The Morgan fingerprint density at radius 1 is 0.646 bits per heavy atom. The molecule has 4 aliphatic carbocycles. The predicted molar refractivity (Wildman–Crippen MR) is 192 cm³/mol. The molecule has 1 radical (unpaired) electrons. The third kappa shape index (κ3) is 9.55. The summed E-state index contributed by atoms with van der Waals surface area (Å²) < 4.78 is 0. The quantitative estimate of drug-likeness (QED) is 0.184. The Labute approximate surface area is 339 Å². The minimum absolute atomic E-state index is 0. The van der Waals surface area contributed by atoms with Gasteiger partial charge in [-0.15, -0.1) is 13.3 Å². The van der Waals surface area contributed by atoms with Crippen LogP contribution >= 0.6 is 17.0 Å². The van der Waals surface area contributed by atoms with Crippen LogP contribution in [0.1, 0.15) is 75.1 Å². The van der Waals surface area contributed by atoms with Crippen LogP contribution in [-0.2, 0) is 47.1 Å². The van der Waals surface area contributed by atoms with Crippen molar-refractivity contribution in [1.82, 2.24) is 0 Å². The molecule has 0 saturated carbocycles. The first-order valence-electron chi connectivity index (χ1n) is 15.1. The second kappa shape index (κ2) is 20.6. The number of fused-ring (bicyclic) bond motifs is 6. The van der Waals surface area contributed by atoms with Crippen LogP contribution < -0.4 is 24.8 Å². The van der Waals surface area contributed by atoms with E-state index in [4.69, 9.17) is 17.0 Å². The van der Waals surface area contributed by atoms with E-state index in [0.717, 1.165) is 6.42 Å². The second-order valence-electron chi connectivity index (χ2n) is 12.0. The number of benzene rings is 4. The molecule has 0 bridgehead atoms. The number of rotatable bonds is 1. The summed E-state index contributed by atoms with van der Waals surface area (Å²) in [5, 5.41) is 0. The molecule has 0 aliphatic heterocycles. The Kier molecular flexibility index (Phi) is 19.2. The van der Waals surface area contributed by atoms with E-state index in [2.05, 4.69) is 150 Å². The SMILES string of the molecule is CC1=[C-]C(C)(C)C(C)=C1C.[C-]1=CC=CC1.[CH3-].[Cl-].[Cl-].[Cl][Zr+2][Cl].[Zr+3].c1ccc2c(c1)-c1ccccc1C2C1c2ccccc2-c2ccccc21. The van der Waals surface area contributed by atoms with E-state index >= 15 is 0 Å². The van der Waals surface area contributed by atoms with Crippen LogP contribution in [0.3, 0.4) is 0 Å². The molecule has 48 heavy (non-hydrogen) atoms. The predicted octanol–water partition coefficient (Wildman–Crippen LogP) is 6.86. The van der Waals surface area contributed by atoms with Gasteiger partial charge in [-0.25, -0.2) is 17.7 Å². The summed E-state index contributed by atoms with van der Waals surface area (Å²) >= 11 is -0.826. The Morgan fingerprint density at radius 2 is 0.979 bits per heavy atom. The van der Waals surface area contributed by atoms with Gasteiger partial charge in [0.2, 0.25) is 0 Å². The molecular weight excluding hydrogens is 829 g/mol. The average molecular weight is 870 g/mol. The van der Waals surface area contributed by atoms with Crippen molar-refractivity contribution in [3.8, 4) is 22.3 Å². The van der Waals surface area contributed by atoms with Crippen LogP contribution in [-0.4, -0.2) is 0 Å². The van der Waals surface area contributed by atoms with Crippen molar-refractivity contribution in [2.45, 2.75) is 52.9 Å². The fourth-order valence-electron chi connectivity index (χ4n) is 6.85. The summed E-state index contributed by atoms with van der Waals surface area (Å²) in [7, 11) is 9.87. The molecule has 4 aromatic carbocycles. The molecule has 0 spiro atoms. The third-order valence-electron chi connectivity index (χ3n) is 9.25. The molecule has 0 unspecified atom stereocenters. The van der Waals surface area contributed by atoms with Gasteiger partial charge in [-0.2, -0.15) is 17.2 Å². The van der Waals surface area contributed by atoms with Gasteiger partial charge in [0.15, 0.2) is 0 Å². The van der Waals surface area contributed by atoms with Gasteiger partial charge in [-0.1, -0.05) is 130 Å². The molecule has 6 heteroatoms. The van der Waals surface area contributed by atoms with E-state index < -0.39 is 20.8 Å². The Bertz CT molecular complexity index is 1570. The largest absolute Gasteiger partial charge is 3.00 e. The molecule has 0 amide bonds. The third-order valence-corrected chi connectivity index (χ3v) is 9.25. The number of allylic oxidation sites excluding steroid dienone is 8. The molecule has 4 aliphatic rings. The van der Waals surface area contributed by atoms with E-state index in [1.165, 1.54) is 61.2 Å². The molecule has 4 aromatic rings. The van der Waals surface area contributed by atoms with Gasteiger partial charge in [0.05, 0.1) is 0 Å². The van der Waals surface area contributed by atoms with Crippen LogP contribution in [0.15, 0.2) is 132 Å². The monoisotopic (exact) mass is 865 g/mol. The summed E-state index contributed by atoms with van der Waals surface area (Å²) in [6.45, 7) is 10.9. The van der Waals surface area contributed by atoms with Crippen LogP contribution in [0.4, 0.5) is 0 Å². The zero-order valence-corrected chi connectivity index (χ0v) is 36.3. The van der Waals surface area contributed by atoms with Gasteiger partial charge in [-0.3, -0.25) is 12.2 Å². The summed E-state index contributed by atoms with van der Waals surface area (Å²) in [6.07, 6.45) is 13.4. The first-order chi connectivity index (χ1) is 21.3. The standard InChI is InChI=1S/C26H18.C10H15.C5H5.CH3.4ClH.2Zr/c1-5-13-21-17(9-1)18-10-2-6-14-22(18)25(21)26-23-15-7-3-11-19(23)20-12-4-8-16-24(20)26;1-7-6-10(4,5)9(3)8(7)2;1-2-4-5-3-1;;;;;;;/h1-16,25-26H;1-5H3;1-3H,4H2;1H3;4*1H;;/q;3*-1;;;;;+3;+4/p-4. The van der Waals surface area contributed by atoms with Crippen molar-refractivity contribution >= 4 is 17.0 Å². The molecule has 0 atom stereocenters. The van der Waals surface area contributed by atoms with Crippen molar-refractivity contribution < 1.29 is 71.9 Å². The summed E-state index contributed by atoms with van der Waals surface area (Å²) in [4.78, 5) is 0. The Morgan fingerprint density at radius 3 is 1.17 bits per heavy atom. The number of halogens is 4. The zero-order valence-electron chi connectivity index (χ0n) is 28.3. The number of hydrogen-bond donors (Lipinski definition) is 0. The van der Waals surface area contributed by atoms with Crippen LogP contribution in [0.2, 0.25) is 0 Å². The Hall–Kier alpha value is -1.23. The first kappa shape index (κ1) is 44.8. The Balaban J connectivity index is 0.000000440. The molecule has 0 heterocycles. The summed E-state index contributed by atoms with van der Waals surface area (Å²) in [5.74, 6) is 0.763. The topological polar surface area (TPSA) is 0 Å². The van der Waals surface area contributed by atoms with Crippen molar-refractivity contribution in [1.29, 1.82) is 0 Å². The van der Waals surface area contributed by atoms with Gasteiger partial charge < -0.3 is 32.2 Å². The molecule has 0 aromatic heterocycles.